The number of hydrogen-bond acceptors (Lipinski definition) is 3. The molecule has 0 amide bonds. The monoisotopic (exact) mass is 216 g/mol. The van der Waals surface area contributed by atoms with Gasteiger partial charge in [0.05, 0.1) is 0 Å². The summed E-state index contributed by atoms with van der Waals surface area (Å²) in [5.41, 5.74) is 7.05. The van der Waals surface area contributed by atoms with Crippen LogP contribution >= 0.6 is 0 Å². The van der Waals surface area contributed by atoms with Gasteiger partial charge in [-0.1, -0.05) is 13.0 Å². The van der Waals surface area contributed by atoms with E-state index in [0.717, 1.165) is 18.7 Å². The first kappa shape index (κ1) is 9.66. The molecule has 0 aromatic carbocycles. The van der Waals surface area contributed by atoms with Gasteiger partial charge in [-0.05, 0) is 18.1 Å². The van der Waals surface area contributed by atoms with E-state index in [-0.39, 0.29) is 6.04 Å². The Bertz CT molecular complexity index is 494. The van der Waals surface area contributed by atoms with E-state index in [0.29, 0.717) is 5.92 Å². The van der Waals surface area contributed by atoms with Crippen LogP contribution in [0.5, 0.6) is 0 Å². The lowest BCUT2D eigenvalue weighted by Gasteiger charge is -2.19. The molecule has 0 aliphatic carbocycles. The first-order valence-corrected chi connectivity index (χ1v) is 5.68. The average Bonchev–Trinajstić information content (AvgIpc) is 2.85. The molecular formula is C12H16N4. The van der Waals surface area contributed by atoms with E-state index in [9.17, 15) is 0 Å². The summed E-state index contributed by atoms with van der Waals surface area (Å²) in [4.78, 5) is 6.63. The largest absolute Gasteiger partial charge is 0.356 e. The molecule has 1 aliphatic heterocycles. The van der Waals surface area contributed by atoms with Crippen LogP contribution < -0.4 is 10.6 Å². The predicted octanol–water partition coefficient (Wildman–Crippen LogP) is 1.12. The minimum Gasteiger partial charge on any atom is -0.356 e. The average molecular weight is 216 g/mol. The Kier molecular flexibility index (Phi) is 2.11. The third-order valence-corrected chi connectivity index (χ3v) is 3.40. The fourth-order valence-electron chi connectivity index (χ4n) is 2.37. The van der Waals surface area contributed by atoms with Crippen molar-refractivity contribution in [2.75, 3.05) is 18.0 Å². The Morgan fingerprint density at radius 1 is 1.38 bits per heavy atom. The van der Waals surface area contributed by atoms with Gasteiger partial charge < -0.3 is 10.6 Å². The van der Waals surface area contributed by atoms with Crippen LogP contribution in [0.3, 0.4) is 0 Å². The van der Waals surface area contributed by atoms with Gasteiger partial charge in [-0.25, -0.2) is 4.98 Å². The van der Waals surface area contributed by atoms with Crippen LogP contribution in [0.25, 0.3) is 5.65 Å². The molecule has 16 heavy (non-hydrogen) atoms. The highest BCUT2D eigenvalue weighted by Crippen LogP contribution is 2.23. The van der Waals surface area contributed by atoms with E-state index in [2.05, 4.69) is 27.3 Å². The maximum absolute atomic E-state index is 6.06. The Morgan fingerprint density at radius 3 is 3.00 bits per heavy atom. The van der Waals surface area contributed by atoms with E-state index < -0.39 is 0 Å². The highest BCUT2D eigenvalue weighted by atomic mass is 15.3. The van der Waals surface area contributed by atoms with E-state index in [1.165, 1.54) is 5.82 Å². The van der Waals surface area contributed by atoms with Crippen molar-refractivity contribution in [2.45, 2.75) is 13.0 Å². The highest BCUT2D eigenvalue weighted by Gasteiger charge is 2.27. The molecule has 4 heteroatoms. The number of nitrogens with two attached hydrogens (primary N) is 1. The van der Waals surface area contributed by atoms with Crippen LogP contribution in [0.4, 0.5) is 5.82 Å². The predicted molar refractivity (Wildman–Crippen MR) is 64.5 cm³/mol. The molecule has 3 rings (SSSR count). The first-order chi connectivity index (χ1) is 7.75. The maximum atomic E-state index is 6.06. The van der Waals surface area contributed by atoms with Crippen molar-refractivity contribution in [1.82, 2.24) is 9.38 Å². The molecule has 0 saturated carbocycles. The van der Waals surface area contributed by atoms with E-state index >= 15 is 0 Å². The molecule has 3 heterocycles. The molecule has 2 unspecified atom stereocenters. The van der Waals surface area contributed by atoms with Crippen molar-refractivity contribution in [3.63, 3.8) is 0 Å². The molecule has 1 aliphatic rings. The summed E-state index contributed by atoms with van der Waals surface area (Å²) in [5.74, 6) is 1.74. The Balaban J connectivity index is 2.03. The quantitative estimate of drug-likeness (QED) is 0.777. The zero-order chi connectivity index (χ0) is 11.1. The third-order valence-electron chi connectivity index (χ3n) is 3.40. The topological polar surface area (TPSA) is 46.6 Å². The smallest absolute Gasteiger partial charge is 0.138 e. The van der Waals surface area contributed by atoms with Gasteiger partial charge >= 0.3 is 0 Å². The molecule has 2 N–H and O–H groups in total. The highest BCUT2D eigenvalue weighted by molar-refractivity contribution is 5.52. The second kappa shape index (κ2) is 3.49. The summed E-state index contributed by atoms with van der Waals surface area (Å²) in [6.45, 7) is 4.16. The fraction of sp³-hybridized carbons (Fsp3) is 0.417. The Morgan fingerprint density at radius 2 is 2.25 bits per heavy atom. The summed E-state index contributed by atoms with van der Waals surface area (Å²) < 4.78 is 2.12. The Labute approximate surface area is 94.7 Å². The van der Waals surface area contributed by atoms with Crippen molar-refractivity contribution >= 4 is 11.5 Å². The fourth-order valence-corrected chi connectivity index (χ4v) is 2.37. The molecular weight excluding hydrogens is 200 g/mol. The van der Waals surface area contributed by atoms with Gasteiger partial charge in [-0.3, -0.25) is 4.40 Å². The second-order valence-electron chi connectivity index (χ2n) is 4.59. The van der Waals surface area contributed by atoms with Gasteiger partial charge in [0.1, 0.15) is 11.5 Å². The van der Waals surface area contributed by atoms with Crippen LogP contribution in [0.15, 0.2) is 30.6 Å². The lowest BCUT2D eigenvalue weighted by Crippen LogP contribution is -2.29. The van der Waals surface area contributed by atoms with Crippen LogP contribution in [-0.2, 0) is 0 Å². The number of aromatic nitrogens is 2. The number of imidazole rings is 1. The van der Waals surface area contributed by atoms with Gasteiger partial charge in [0.2, 0.25) is 0 Å². The molecule has 84 valence electrons. The van der Waals surface area contributed by atoms with Crippen LogP contribution in [0.1, 0.15) is 6.92 Å². The number of anilines is 1. The first-order valence-electron chi connectivity index (χ1n) is 5.68. The van der Waals surface area contributed by atoms with E-state index in [1.54, 1.807) is 0 Å². The zero-order valence-electron chi connectivity index (χ0n) is 9.37. The molecule has 0 bridgehead atoms. The van der Waals surface area contributed by atoms with Crippen molar-refractivity contribution < 1.29 is 0 Å². The normalized spacial score (nSPS) is 25.5. The lowest BCUT2D eigenvalue weighted by molar-refractivity contribution is 0.566. The van der Waals surface area contributed by atoms with Gasteiger partial charge in [0, 0.05) is 31.5 Å². The summed E-state index contributed by atoms with van der Waals surface area (Å²) in [6, 6.07) is 6.47. The zero-order valence-corrected chi connectivity index (χ0v) is 9.37. The van der Waals surface area contributed by atoms with Crippen molar-refractivity contribution in [2.24, 2.45) is 11.7 Å². The van der Waals surface area contributed by atoms with Gasteiger partial charge in [-0.15, -0.1) is 0 Å². The lowest BCUT2D eigenvalue weighted by atomic mass is 10.1. The van der Waals surface area contributed by atoms with Crippen LogP contribution in [-0.4, -0.2) is 28.5 Å². The number of fused-ring (bicyclic) bond motifs is 1. The molecule has 0 radical (unpaired) electrons. The summed E-state index contributed by atoms with van der Waals surface area (Å²) in [7, 11) is 0. The van der Waals surface area contributed by atoms with Crippen LogP contribution in [0, 0.1) is 5.92 Å². The third kappa shape index (κ3) is 1.38. The minimum absolute atomic E-state index is 0.277. The van der Waals surface area contributed by atoms with Gasteiger partial charge in [0.25, 0.3) is 0 Å². The van der Waals surface area contributed by atoms with Crippen LogP contribution in [0.2, 0.25) is 0 Å². The van der Waals surface area contributed by atoms with E-state index in [1.807, 2.05) is 24.5 Å². The maximum Gasteiger partial charge on any atom is 0.138 e. The number of nitrogens with zero attached hydrogens (tertiary/aromatic N) is 3. The summed E-state index contributed by atoms with van der Waals surface area (Å²) in [5, 5.41) is 0. The van der Waals surface area contributed by atoms with E-state index in [4.69, 9.17) is 5.73 Å². The van der Waals surface area contributed by atoms with Crippen molar-refractivity contribution in [3.8, 4) is 0 Å². The summed E-state index contributed by atoms with van der Waals surface area (Å²) >= 11 is 0. The molecule has 2 aromatic rings. The number of pyridine rings is 1. The number of rotatable bonds is 1. The molecule has 2 atom stereocenters. The van der Waals surface area contributed by atoms with Gasteiger partial charge in [0.15, 0.2) is 0 Å². The SMILES string of the molecule is CC1CN(c2cccc3nccn23)CC1N. The van der Waals surface area contributed by atoms with Crippen molar-refractivity contribution in [3.05, 3.63) is 30.6 Å². The second-order valence-corrected chi connectivity index (χ2v) is 4.59. The van der Waals surface area contributed by atoms with Crippen molar-refractivity contribution in [1.29, 1.82) is 0 Å². The summed E-state index contributed by atoms with van der Waals surface area (Å²) in [6.07, 6.45) is 3.83. The number of hydrogen-bond donors (Lipinski definition) is 1. The molecule has 2 aromatic heterocycles. The molecule has 4 nitrogen and oxygen atoms in total. The molecule has 1 fully saturated rings. The minimum atomic E-state index is 0.277. The molecule has 1 saturated heterocycles. The standard InChI is InChI=1S/C12H16N4/c1-9-7-15(8-10(9)13)12-4-2-3-11-14-5-6-16(11)12/h2-6,9-10H,7-8,13H2,1H3. The molecule has 0 spiro atoms. The van der Waals surface area contributed by atoms with Gasteiger partial charge in [-0.2, -0.15) is 0 Å². The Hall–Kier alpha value is -1.55.